The lowest BCUT2D eigenvalue weighted by Crippen LogP contribution is -2.55. The molecule has 2 saturated heterocycles. The lowest BCUT2D eigenvalue weighted by molar-refractivity contribution is -0.145. The predicted octanol–water partition coefficient (Wildman–Crippen LogP) is 1.48. The summed E-state index contributed by atoms with van der Waals surface area (Å²) in [6, 6.07) is 8.42. The van der Waals surface area contributed by atoms with E-state index in [1.807, 2.05) is 4.90 Å². The van der Waals surface area contributed by atoms with Crippen LogP contribution in [0.2, 0.25) is 0 Å². The van der Waals surface area contributed by atoms with Gasteiger partial charge < -0.3 is 19.9 Å². The SMILES string of the molecule is Cc1ccccc1N1CCN(C(=O)C2CNCCO2)CC1.Cl.Cl. The van der Waals surface area contributed by atoms with Crippen LogP contribution in [0.15, 0.2) is 24.3 Å². The minimum Gasteiger partial charge on any atom is -0.368 e. The second-order valence-electron chi connectivity index (χ2n) is 5.66. The third-order valence-corrected chi connectivity index (χ3v) is 4.25. The number of anilines is 1. The quantitative estimate of drug-likeness (QED) is 0.866. The van der Waals surface area contributed by atoms with Gasteiger partial charge in [0.1, 0.15) is 6.10 Å². The van der Waals surface area contributed by atoms with E-state index in [9.17, 15) is 4.79 Å². The largest absolute Gasteiger partial charge is 0.368 e. The lowest BCUT2D eigenvalue weighted by atomic mass is 10.1. The van der Waals surface area contributed by atoms with Gasteiger partial charge >= 0.3 is 0 Å². The maximum absolute atomic E-state index is 12.4. The minimum absolute atomic E-state index is 0. The molecule has 2 aliphatic heterocycles. The first-order valence-electron chi connectivity index (χ1n) is 7.67. The molecule has 0 saturated carbocycles. The van der Waals surface area contributed by atoms with Crippen LogP contribution < -0.4 is 10.2 Å². The van der Waals surface area contributed by atoms with Crippen LogP contribution >= 0.6 is 24.8 Å². The molecule has 1 amide bonds. The van der Waals surface area contributed by atoms with Gasteiger partial charge in [-0.2, -0.15) is 0 Å². The topological polar surface area (TPSA) is 44.8 Å². The molecule has 0 aliphatic carbocycles. The molecule has 1 aromatic rings. The van der Waals surface area contributed by atoms with Gasteiger partial charge in [0.2, 0.25) is 0 Å². The normalized spacial score (nSPS) is 21.2. The van der Waals surface area contributed by atoms with Crippen molar-refractivity contribution in [3.63, 3.8) is 0 Å². The number of piperazine rings is 1. The highest BCUT2D eigenvalue weighted by molar-refractivity contribution is 5.85. The highest BCUT2D eigenvalue weighted by atomic mass is 35.5. The molecule has 0 radical (unpaired) electrons. The Kier molecular flexibility index (Phi) is 8.12. The van der Waals surface area contributed by atoms with Crippen molar-refractivity contribution in [3.05, 3.63) is 29.8 Å². The van der Waals surface area contributed by atoms with E-state index in [1.165, 1.54) is 11.3 Å². The second-order valence-corrected chi connectivity index (χ2v) is 5.66. The Morgan fingerprint density at radius 2 is 1.87 bits per heavy atom. The second kappa shape index (κ2) is 9.33. The van der Waals surface area contributed by atoms with Gasteiger partial charge in [0.05, 0.1) is 6.61 Å². The van der Waals surface area contributed by atoms with Gasteiger partial charge in [0, 0.05) is 45.0 Å². The molecule has 23 heavy (non-hydrogen) atoms. The molecule has 5 nitrogen and oxygen atoms in total. The van der Waals surface area contributed by atoms with Crippen molar-refractivity contribution in [2.75, 3.05) is 50.8 Å². The molecule has 0 bridgehead atoms. The number of rotatable bonds is 2. The van der Waals surface area contributed by atoms with E-state index < -0.39 is 0 Å². The molecular weight excluding hydrogens is 337 g/mol. The number of carbonyl (C=O) groups excluding carboxylic acids is 1. The van der Waals surface area contributed by atoms with E-state index in [0.29, 0.717) is 13.2 Å². The lowest BCUT2D eigenvalue weighted by Gasteiger charge is -2.38. The average molecular weight is 362 g/mol. The number of amides is 1. The number of aryl methyl sites for hydroxylation is 1. The van der Waals surface area contributed by atoms with Crippen molar-refractivity contribution in [2.24, 2.45) is 0 Å². The molecule has 0 aromatic heterocycles. The number of hydrogen-bond acceptors (Lipinski definition) is 4. The van der Waals surface area contributed by atoms with E-state index in [2.05, 4.69) is 41.4 Å². The number of hydrogen-bond donors (Lipinski definition) is 1. The van der Waals surface area contributed by atoms with Crippen LogP contribution in [0.5, 0.6) is 0 Å². The molecule has 130 valence electrons. The summed E-state index contributed by atoms with van der Waals surface area (Å²) >= 11 is 0. The van der Waals surface area contributed by atoms with E-state index in [4.69, 9.17) is 4.74 Å². The number of ether oxygens (including phenoxy) is 1. The first-order chi connectivity index (χ1) is 10.3. The summed E-state index contributed by atoms with van der Waals surface area (Å²) in [5, 5.41) is 3.21. The highest BCUT2D eigenvalue weighted by Gasteiger charge is 2.29. The van der Waals surface area contributed by atoms with Crippen molar-refractivity contribution in [1.82, 2.24) is 10.2 Å². The average Bonchev–Trinajstić information content (AvgIpc) is 2.56. The van der Waals surface area contributed by atoms with Gasteiger partial charge in [-0.15, -0.1) is 24.8 Å². The summed E-state index contributed by atoms with van der Waals surface area (Å²) < 4.78 is 5.56. The molecule has 3 rings (SSSR count). The Labute approximate surface area is 150 Å². The fourth-order valence-corrected chi connectivity index (χ4v) is 3.01. The molecule has 0 spiro atoms. The number of benzene rings is 1. The Bertz CT molecular complexity index is 502. The van der Waals surface area contributed by atoms with E-state index in [1.54, 1.807) is 0 Å². The van der Waals surface area contributed by atoms with Crippen LogP contribution in [-0.4, -0.2) is 62.8 Å². The van der Waals surface area contributed by atoms with Crippen LogP contribution in [0.1, 0.15) is 5.56 Å². The van der Waals surface area contributed by atoms with Gasteiger partial charge in [-0.1, -0.05) is 18.2 Å². The number of halogens is 2. The first kappa shape index (κ1) is 20.0. The van der Waals surface area contributed by atoms with Crippen molar-refractivity contribution < 1.29 is 9.53 Å². The van der Waals surface area contributed by atoms with Crippen molar-refractivity contribution >= 4 is 36.4 Å². The van der Waals surface area contributed by atoms with E-state index in [-0.39, 0.29) is 36.8 Å². The summed E-state index contributed by atoms with van der Waals surface area (Å²) in [6.07, 6.45) is -0.302. The minimum atomic E-state index is -0.302. The maximum Gasteiger partial charge on any atom is 0.253 e. The highest BCUT2D eigenvalue weighted by Crippen LogP contribution is 2.21. The molecule has 7 heteroatoms. The summed E-state index contributed by atoms with van der Waals surface area (Å²) in [4.78, 5) is 16.7. The number of nitrogens with zero attached hydrogens (tertiary/aromatic N) is 2. The molecule has 2 aliphatic rings. The van der Waals surface area contributed by atoms with Gasteiger partial charge in [-0.25, -0.2) is 0 Å². The van der Waals surface area contributed by atoms with Gasteiger partial charge in [-0.05, 0) is 18.6 Å². The fourth-order valence-electron chi connectivity index (χ4n) is 3.01. The zero-order chi connectivity index (χ0) is 14.7. The zero-order valence-corrected chi connectivity index (χ0v) is 15.0. The summed E-state index contributed by atoms with van der Waals surface area (Å²) in [7, 11) is 0. The maximum atomic E-state index is 12.4. The summed E-state index contributed by atoms with van der Waals surface area (Å²) in [6.45, 7) is 7.54. The van der Waals surface area contributed by atoms with Gasteiger partial charge in [-0.3, -0.25) is 4.79 Å². The third kappa shape index (κ3) is 4.73. The summed E-state index contributed by atoms with van der Waals surface area (Å²) in [5.41, 5.74) is 2.57. The Morgan fingerprint density at radius 3 is 2.48 bits per heavy atom. The fraction of sp³-hybridized carbons (Fsp3) is 0.562. The molecule has 1 aromatic carbocycles. The Morgan fingerprint density at radius 1 is 1.17 bits per heavy atom. The number of morpholine rings is 1. The molecule has 1 atom stereocenters. The van der Waals surface area contributed by atoms with Crippen LogP contribution in [0, 0.1) is 6.92 Å². The first-order valence-corrected chi connectivity index (χ1v) is 7.67. The van der Waals surface area contributed by atoms with Gasteiger partial charge in [0.15, 0.2) is 0 Å². The smallest absolute Gasteiger partial charge is 0.253 e. The molecule has 1 unspecified atom stereocenters. The number of carbonyl (C=O) groups is 1. The number of para-hydroxylation sites is 1. The van der Waals surface area contributed by atoms with E-state index >= 15 is 0 Å². The summed E-state index contributed by atoms with van der Waals surface area (Å²) in [5.74, 6) is 0.131. The van der Waals surface area contributed by atoms with Crippen molar-refractivity contribution in [3.8, 4) is 0 Å². The third-order valence-electron chi connectivity index (χ3n) is 4.25. The standard InChI is InChI=1S/C16H23N3O2.2ClH/c1-13-4-2-3-5-14(13)18-7-9-19(10-8-18)16(20)15-12-17-6-11-21-15;;/h2-5,15,17H,6-12H2,1H3;2*1H. The van der Waals surface area contributed by atoms with Gasteiger partial charge in [0.25, 0.3) is 5.91 Å². The van der Waals surface area contributed by atoms with Crippen LogP contribution in [0.3, 0.4) is 0 Å². The van der Waals surface area contributed by atoms with E-state index in [0.717, 1.165) is 32.7 Å². The molecule has 2 heterocycles. The number of nitrogens with one attached hydrogen (secondary N) is 1. The van der Waals surface area contributed by atoms with Crippen molar-refractivity contribution in [1.29, 1.82) is 0 Å². The monoisotopic (exact) mass is 361 g/mol. The predicted molar refractivity (Wildman–Crippen MR) is 97.1 cm³/mol. The Balaban J connectivity index is 0.00000132. The molecular formula is C16H25Cl2N3O2. The van der Waals surface area contributed by atoms with Crippen LogP contribution in [0.4, 0.5) is 5.69 Å². The van der Waals surface area contributed by atoms with Crippen molar-refractivity contribution in [2.45, 2.75) is 13.0 Å². The molecule has 1 N–H and O–H groups in total. The van der Waals surface area contributed by atoms with Crippen LogP contribution in [-0.2, 0) is 9.53 Å². The Hall–Kier alpha value is -1.01. The molecule has 2 fully saturated rings. The zero-order valence-electron chi connectivity index (χ0n) is 13.4. The van der Waals surface area contributed by atoms with Crippen LogP contribution in [0.25, 0.3) is 0 Å².